The molecule has 6 heteroatoms. The molecule has 19 heavy (non-hydrogen) atoms. The second-order valence-corrected chi connectivity index (χ2v) is 4.12. The fourth-order valence-electron chi connectivity index (χ4n) is 1.78. The number of nitrogens with zero attached hydrogens (tertiary/aromatic N) is 2. The summed E-state index contributed by atoms with van der Waals surface area (Å²) in [7, 11) is 1.36. The van der Waals surface area contributed by atoms with E-state index in [1.807, 2.05) is 16.9 Å². The molecule has 0 atom stereocenters. The van der Waals surface area contributed by atoms with Crippen LogP contribution in [0.25, 0.3) is 0 Å². The number of rotatable bonds is 6. The van der Waals surface area contributed by atoms with Crippen molar-refractivity contribution < 1.29 is 13.9 Å². The van der Waals surface area contributed by atoms with Gasteiger partial charge in [-0.2, -0.15) is 5.10 Å². The zero-order chi connectivity index (χ0) is 13.7. The minimum absolute atomic E-state index is 0.371. The summed E-state index contributed by atoms with van der Waals surface area (Å²) in [5, 5.41) is 7.34. The lowest BCUT2D eigenvalue weighted by molar-refractivity contribution is 0.0599. The predicted molar refractivity (Wildman–Crippen MR) is 68.7 cm³/mol. The summed E-state index contributed by atoms with van der Waals surface area (Å²) < 4.78 is 12.0. The van der Waals surface area contributed by atoms with Crippen LogP contribution < -0.4 is 5.32 Å². The molecule has 0 aliphatic heterocycles. The summed E-state index contributed by atoms with van der Waals surface area (Å²) in [4.78, 5) is 11.4. The van der Waals surface area contributed by atoms with Crippen LogP contribution in [-0.4, -0.2) is 29.4 Å². The Hall–Kier alpha value is -2.08. The molecule has 0 fully saturated rings. The van der Waals surface area contributed by atoms with E-state index in [4.69, 9.17) is 4.42 Å². The van der Waals surface area contributed by atoms with Crippen LogP contribution in [-0.2, 0) is 17.8 Å². The van der Waals surface area contributed by atoms with Gasteiger partial charge in [-0.1, -0.05) is 0 Å². The molecule has 2 heterocycles. The molecule has 0 bridgehead atoms. The Morgan fingerprint density at radius 3 is 3.11 bits per heavy atom. The Morgan fingerprint density at radius 1 is 1.58 bits per heavy atom. The van der Waals surface area contributed by atoms with Crippen LogP contribution in [0.5, 0.6) is 0 Å². The molecule has 2 rings (SSSR count). The van der Waals surface area contributed by atoms with Crippen LogP contribution in [0.2, 0.25) is 0 Å². The molecular formula is C13H17N3O3. The zero-order valence-electron chi connectivity index (χ0n) is 11.0. The third-order valence-electron chi connectivity index (χ3n) is 2.75. The quantitative estimate of drug-likeness (QED) is 0.629. The van der Waals surface area contributed by atoms with Gasteiger partial charge in [-0.15, -0.1) is 0 Å². The summed E-state index contributed by atoms with van der Waals surface area (Å²) in [6.07, 6.45) is 3.66. The molecule has 0 saturated carbocycles. The van der Waals surface area contributed by atoms with E-state index >= 15 is 0 Å². The highest BCUT2D eigenvalue weighted by Gasteiger charge is 2.14. The second-order valence-electron chi connectivity index (χ2n) is 4.12. The van der Waals surface area contributed by atoms with E-state index in [9.17, 15) is 4.79 Å². The summed E-state index contributed by atoms with van der Waals surface area (Å²) >= 11 is 0. The first-order valence-electron chi connectivity index (χ1n) is 6.06. The average Bonchev–Trinajstić information content (AvgIpc) is 3.03. The number of hydrogen-bond donors (Lipinski definition) is 1. The SMILES string of the molecule is COC(=O)c1cc(CNCCn2cccn2)oc1C. The maximum Gasteiger partial charge on any atom is 0.341 e. The Bertz CT molecular complexity index is 531. The molecule has 2 aromatic heterocycles. The normalized spacial score (nSPS) is 10.6. The molecule has 0 saturated heterocycles. The first-order valence-corrected chi connectivity index (χ1v) is 6.06. The van der Waals surface area contributed by atoms with E-state index in [2.05, 4.69) is 15.2 Å². The van der Waals surface area contributed by atoms with Crippen molar-refractivity contribution in [3.8, 4) is 0 Å². The van der Waals surface area contributed by atoms with Gasteiger partial charge in [0.1, 0.15) is 17.1 Å². The highest BCUT2D eigenvalue weighted by Crippen LogP contribution is 2.15. The first kappa shape index (κ1) is 13.4. The number of carbonyl (C=O) groups is 1. The van der Waals surface area contributed by atoms with Crippen LogP contribution in [0, 0.1) is 6.92 Å². The van der Waals surface area contributed by atoms with Gasteiger partial charge in [0.2, 0.25) is 0 Å². The molecular weight excluding hydrogens is 246 g/mol. The molecule has 2 aromatic rings. The number of carbonyl (C=O) groups excluding carboxylic acids is 1. The number of ether oxygens (including phenoxy) is 1. The largest absolute Gasteiger partial charge is 0.465 e. The van der Waals surface area contributed by atoms with E-state index in [1.54, 1.807) is 19.2 Å². The van der Waals surface area contributed by atoms with Crippen LogP contribution in [0.1, 0.15) is 21.9 Å². The lowest BCUT2D eigenvalue weighted by Crippen LogP contribution is -2.19. The fraction of sp³-hybridized carbons (Fsp3) is 0.385. The van der Waals surface area contributed by atoms with E-state index in [0.717, 1.165) is 18.8 Å². The monoisotopic (exact) mass is 263 g/mol. The molecule has 6 nitrogen and oxygen atoms in total. The summed E-state index contributed by atoms with van der Waals surface area (Å²) in [5.74, 6) is 0.929. The third kappa shape index (κ3) is 3.45. The van der Waals surface area contributed by atoms with Crippen molar-refractivity contribution in [3.05, 3.63) is 41.6 Å². The molecule has 0 unspecified atom stereocenters. The van der Waals surface area contributed by atoms with Gasteiger partial charge in [-0.05, 0) is 19.1 Å². The Morgan fingerprint density at radius 2 is 2.42 bits per heavy atom. The molecule has 0 aliphatic rings. The van der Waals surface area contributed by atoms with E-state index < -0.39 is 0 Å². The number of esters is 1. The van der Waals surface area contributed by atoms with Crippen molar-refractivity contribution >= 4 is 5.97 Å². The summed E-state index contributed by atoms with van der Waals surface area (Å²) in [5.41, 5.74) is 0.478. The average molecular weight is 263 g/mol. The number of methoxy groups -OCH3 is 1. The van der Waals surface area contributed by atoms with Gasteiger partial charge in [-0.25, -0.2) is 4.79 Å². The van der Waals surface area contributed by atoms with Gasteiger partial charge < -0.3 is 14.5 Å². The molecule has 0 amide bonds. The van der Waals surface area contributed by atoms with Crippen molar-refractivity contribution in [2.45, 2.75) is 20.0 Å². The minimum Gasteiger partial charge on any atom is -0.465 e. The highest BCUT2D eigenvalue weighted by molar-refractivity contribution is 5.90. The number of hydrogen-bond acceptors (Lipinski definition) is 5. The fourth-order valence-corrected chi connectivity index (χ4v) is 1.78. The maximum absolute atomic E-state index is 11.4. The molecule has 1 N–H and O–H groups in total. The summed E-state index contributed by atoms with van der Waals surface area (Å²) in [6.45, 7) is 3.88. The van der Waals surface area contributed by atoms with Gasteiger partial charge >= 0.3 is 5.97 Å². The van der Waals surface area contributed by atoms with E-state index in [0.29, 0.717) is 17.9 Å². The minimum atomic E-state index is -0.371. The van der Waals surface area contributed by atoms with Crippen LogP contribution in [0.15, 0.2) is 28.9 Å². The third-order valence-corrected chi connectivity index (χ3v) is 2.75. The van der Waals surface area contributed by atoms with E-state index in [-0.39, 0.29) is 5.97 Å². The Kier molecular flexibility index (Phi) is 4.35. The molecule has 0 aliphatic carbocycles. The van der Waals surface area contributed by atoms with Gasteiger partial charge in [0.05, 0.1) is 20.2 Å². The summed E-state index contributed by atoms with van der Waals surface area (Å²) in [6, 6.07) is 3.60. The zero-order valence-corrected chi connectivity index (χ0v) is 11.0. The lowest BCUT2D eigenvalue weighted by Gasteiger charge is -2.02. The standard InChI is InChI=1S/C13H17N3O3/c1-10-12(13(17)18-2)8-11(19-10)9-14-5-7-16-6-3-4-15-16/h3-4,6,8,14H,5,7,9H2,1-2H3. The van der Waals surface area contributed by atoms with Crippen LogP contribution >= 0.6 is 0 Å². The molecule has 102 valence electrons. The van der Waals surface area contributed by atoms with Gasteiger partial charge in [-0.3, -0.25) is 4.68 Å². The molecule has 0 radical (unpaired) electrons. The van der Waals surface area contributed by atoms with Gasteiger partial charge in [0.25, 0.3) is 0 Å². The Labute approximate surface area is 111 Å². The number of aromatic nitrogens is 2. The number of nitrogens with one attached hydrogen (secondary N) is 1. The topological polar surface area (TPSA) is 69.3 Å². The van der Waals surface area contributed by atoms with Gasteiger partial charge in [0, 0.05) is 18.9 Å². The highest BCUT2D eigenvalue weighted by atomic mass is 16.5. The lowest BCUT2D eigenvalue weighted by atomic mass is 10.2. The van der Waals surface area contributed by atoms with Gasteiger partial charge in [0.15, 0.2) is 0 Å². The second kappa shape index (κ2) is 6.19. The molecule has 0 spiro atoms. The van der Waals surface area contributed by atoms with E-state index in [1.165, 1.54) is 7.11 Å². The Balaban J connectivity index is 1.81. The first-order chi connectivity index (χ1) is 9.20. The van der Waals surface area contributed by atoms with Crippen molar-refractivity contribution in [2.75, 3.05) is 13.7 Å². The van der Waals surface area contributed by atoms with Crippen LogP contribution in [0.3, 0.4) is 0 Å². The van der Waals surface area contributed by atoms with Crippen molar-refractivity contribution in [1.29, 1.82) is 0 Å². The number of aryl methyl sites for hydroxylation is 1. The van der Waals surface area contributed by atoms with Crippen molar-refractivity contribution in [1.82, 2.24) is 15.1 Å². The molecule has 0 aromatic carbocycles. The number of furan rings is 1. The van der Waals surface area contributed by atoms with Crippen molar-refractivity contribution in [3.63, 3.8) is 0 Å². The van der Waals surface area contributed by atoms with Crippen LogP contribution in [0.4, 0.5) is 0 Å². The maximum atomic E-state index is 11.4. The van der Waals surface area contributed by atoms with Crippen molar-refractivity contribution in [2.24, 2.45) is 0 Å². The smallest absolute Gasteiger partial charge is 0.341 e. The predicted octanol–water partition coefficient (Wildman–Crippen LogP) is 1.36.